The fourth-order valence-corrected chi connectivity index (χ4v) is 1.28. The van der Waals surface area contributed by atoms with Crippen LogP contribution >= 0.6 is 0 Å². The van der Waals surface area contributed by atoms with Gasteiger partial charge in [0, 0.05) is 18.6 Å². The molecule has 0 bridgehead atoms. The summed E-state index contributed by atoms with van der Waals surface area (Å²) in [5, 5.41) is 13.2. The molecule has 0 aliphatic heterocycles. The van der Waals surface area contributed by atoms with Crippen molar-refractivity contribution < 1.29 is 14.1 Å². The minimum atomic E-state index is -0.287. The van der Waals surface area contributed by atoms with Gasteiger partial charge in [-0.15, -0.1) is 10.2 Å². The minimum absolute atomic E-state index is 0.201. The number of aromatic nitrogens is 5. The van der Waals surface area contributed by atoms with Crippen molar-refractivity contribution in [3.05, 3.63) is 36.4 Å². The van der Waals surface area contributed by atoms with Crippen LogP contribution in [0.25, 0.3) is 0 Å². The maximum Gasteiger partial charge on any atom is 0.372 e. The smallest absolute Gasteiger partial charge is 0.372 e. The largest absolute Gasteiger partial charge is 0.461 e. The predicted octanol–water partition coefficient (Wildman–Crippen LogP) is -0.727. The van der Waals surface area contributed by atoms with Gasteiger partial charge >= 0.3 is 5.97 Å². The number of nitrogens with one attached hydrogen (secondary N) is 1. The zero-order chi connectivity index (χ0) is 11.9. The summed E-state index contributed by atoms with van der Waals surface area (Å²) in [6, 6.07) is 5.59. The molecule has 0 aliphatic rings. The molecule has 2 aromatic heterocycles. The van der Waals surface area contributed by atoms with Crippen LogP contribution in [0.3, 0.4) is 0 Å². The van der Waals surface area contributed by atoms with Crippen LogP contribution in [0.15, 0.2) is 30.6 Å². The number of nitrogens with zero attached hydrogens (tertiary/aromatic N) is 4. The Hall–Kier alpha value is -2.31. The van der Waals surface area contributed by atoms with Crippen molar-refractivity contribution in [3.8, 4) is 0 Å². The third-order valence-corrected chi connectivity index (χ3v) is 2.07. The number of esters is 1. The van der Waals surface area contributed by atoms with E-state index in [9.17, 15) is 4.79 Å². The van der Waals surface area contributed by atoms with Gasteiger partial charge in [0.15, 0.2) is 18.2 Å². The third kappa shape index (κ3) is 3.63. The number of hydrogen-bond acceptors (Lipinski definition) is 5. The number of H-pyrrole nitrogens is 1. The first-order valence-electron chi connectivity index (χ1n) is 5.16. The van der Waals surface area contributed by atoms with Gasteiger partial charge in [-0.3, -0.25) is 0 Å². The van der Waals surface area contributed by atoms with E-state index in [1.165, 1.54) is 0 Å². The summed E-state index contributed by atoms with van der Waals surface area (Å²) in [4.78, 5) is 11.4. The van der Waals surface area contributed by atoms with Gasteiger partial charge in [0.05, 0.1) is 6.61 Å². The van der Waals surface area contributed by atoms with Crippen molar-refractivity contribution in [2.45, 2.75) is 13.0 Å². The van der Waals surface area contributed by atoms with Crippen LogP contribution in [0.1, 0.15) is 5.82 Å². The molecule has 0 spiro atoms. The zero-order valence-corrected chi connectivity index (χ0v) is 9.11. The van der Waals surface area contributed by atoms with Gasteiger partial charge in [0.1, 0.15) is 0 Å². The van der Waals surface area contributed by atoms with E-state index in [1.807, 2.05) is 18.2 Å². The second-order valence-electron chi connectivity index (χ2n) is 3.35. The van der Waals surface area contributed by atoms with Crippen LogP contribution in [0.5, 0.6) is 0 Å². The molecular formula is C10H12N5O2+. The zero-order valence-electron chi connectivity index (χ0n) is 9.11. The number of carbonyl (C=O) groups is 1. The Labute approximate surface area is 97.4 Å². The van der Waals surface area contributed by atoms with Crippen LogP contribution in [0.2, 0.25) is 0 Å². The first-order valence-corrected chi connectivity index (χ1v) is 5.16. The van der Waals surface area contributed by atoms with E-state index in [4.69, 9.17) is 4.74 Å². The minimum Gasteiger partial charge on any atom is -0.461 e. The molecule has 0 unspecified atom stereocenters. The topological polar surface area (TPSA) is 84.6 Å². The molecule has 17 heavy (non-hydrogen) atoms. The highest BCUT2D eigenvalue weighted by molar-refractivity contribution is 5.67. The average molecular weight is 234 g/mol. The second kappa shape index (κ2) is 5.69. The summed E-state index contributed by atoms with van der Waals surface area (Å²) in [5.41, 5.74) is 0. The first-order chi connectivity index (χ1) is 8.34. The average Bonchev–Trinajstić information content (AvgIpc) is 2.83. The standard InChI is InChI=1S/C10H12N5O2/c16-10(8-15-5-2-1-3-6-15)17-7-4-9-11-13-14-12-9/h1-3,5-6H,4,7-8H2,(H,11,12,13,14)/q+1. The Morgan fingerprint density at radius 2 is 2.18 bits per heavy atom. The summed E-state index contributed by atoms with van der Waals surface area (Å²) in [6.07, 6.45) is 4.07. The molecule has 0 saturated heterocycles. The van der Waals surface area contributed by atoms with Crippen molar-refractivity contribution >= 4 is 5.97 Å². The quantitative estimate of drug-likeness (QED) is 0.544. The van der Waals surface area contributed by atoms with Crippen LogP contribution in [-0.2, 0) is 22.5 Å². The lowest BCUT2D eigenvalue weighted by atomic mass is 10.4. The number of hydrogen-bond donors (Lipinski definition) is 1. The van der Waals surface area contributed by atoms with E-state index >= 15 is 0 Å². The molecule has 88 valence electrons. The molecular weight excluding hydrogens is 222 g/mol. The number of aromatic amines is 1. The van der Waals surface area contributed by atoms with Crippen molar-refractivity contribution in [1.82, 2.24) is 20.6 Å². The fraction of sp³-hybridized carbons (Fsp3) is 0.300. The van der Waals surface area contributed by atoms with E-state index in [1.54, 1.807) is 17.0 Å². The molecule has 7 nitrogen and oxygen atoms in total. The molecule has 2 heterocycles. The summed E-state index contributed by atoms with van der Waals surface area (Å²) < 4.78 is 6.78. The van der Waals surface area contributed by atoms with E-state index < -0.39 is 0 Å². The number of ether oxygens (including phenoxy) is 1. The van der Waals surface area contributed by atoms with Gasteiger partial charge in [-0.1, -0.05) is 11.3 Å². The first kappa shape index (κ1) is 11.2. The van der Waals surface area contributed by atoms with Gasteiger partial charge < -0.3 is 4.74 Å². The van der Waals surface area contributed by atoms with Gasteiger partial charge in [-0.05, 0) is 0 Å². The second-order valence-corrected chi connectivity index (χ2v) is 3.35. The summed E-state index contributed by atoms with van der Waals surface area (Å²) in [5.74, 6) is 0.245. The fourth-order valence-electron chi connectivity index (χ4n) is 1.28. The molecule has 0 atom stereocenters. The molecule has 0 amide bonds. The number of carbonyl (C=O) groups excluding carboxylic acids is 1. The Kier molecular flexibility index (Phi) is 3.74. The van der Waals surface area contributed by atoms with Gasteiger partial charge in [-0.25, -0.2) is 4.79 Å². The van der Waals surface area contributed by atoms with Gasteiger partial charge in [0.25, 0.3) is 0 Å². The predicted molar refractivity (Wildman–Crippen MR) is 55.5 cm³/mol. The summed E-state index contributed by atoms with van der Waals surface area (Å²) in [7, 11) is 0. The molecule has 0 fully saturated rings. The number of tetrazole rings is 1. The lowest BCUT2D eigenvalue weighted by molar-refractivity contribution is -0.686. The molecule has 1 N–H and O–H groups in total. The van der Waals surface area contributed by atoms with Crippen molar-refractivity contribution in [2.75, 3.05) is 6.61 Å². The third-order valence-electron chi connectivity index (χ3n) is 2.07. The van der Waals surface area contributed by atoms with E-state index in [0.717, 1.165) is 0 Å². The van der Waals surface area contributed by atoms with Crippen molar-refractivity contribution in [2.24, 2.45) is 0 Å². The molecule has 2 aromatic rings. The highest BCUT2D eigenvalue weighted by Crippen LogP contribution is 1.88. The normalized spacial score (nSPS) is 10.1. The lowest BCUT2D eigenvalue weighted by Crippen LogP contribution is -2.37. The van der Waals surface area contributed by atoms with Gasteiger partial charge in [-0.2, -0.15) is 9.78 Å². The monoisotopic (exact) mass is 234 g/mol. The highest BCUT2D eigenvalue weighted by Gasteiger charge is 2.10. The SMILES string of the molecule is O=C(C[n+]1ccccc1)OCCc1nn[nH]n1. The van der Waals surface area contributed by atoms with E-state index in [-0.39, 0.29) is 19.1 Å². The van der Waals surface area contributed by atoms with Crippen molar-refractivity contribution in [3.63, 3.8) is 0 Å². The molecule has 0 aliphatic carbocycles. The van der Waals surface area contributed by atoms with Crippen LogP contribution in [-0.4, -0.2) is 33.2 Å². The van der Waals surface area contributed by atoms with Crippen LogP contribution in [0, 0.1) is 0 Å². The van der Waals surface area contributed by atoms with Crippen molar-refractivity contribution in [1.29, 1.82) is 0 Å². The molecule has 0 saturated carbocycles. The van der Waals surface area contributed by atoms with Crippen LogP contribution in [0.4, 0.5) is 0 Å². The maximum atomic E-state index is 11.4. The van der Waals surface area contributed by atoms with E-state index in [2.05, 4.69) is 20.6 Å². The molecule has 0 radical (unpaired) electrons. The molecule has 7 heteroatoms. The Morgan fingerprint density at radius 1 is 1.35 bits per heavy atom. The molecule has 2 rings (SSSR count). The Bertz CT molecular complexity index is 457. The maximum absolute atomic E-state index is 11.4. The number of pyridine rings is 1. The van der Waals surface area contributed by atoms with Gasteiger partial charge in [0.2, 0.25) is 6.54 Å². The lowest BCUT2D eigenvalue weighted by Gasteiger charge is -2.00. The highest BCUT2D eigenvalue weighted by atomic mass is 16.5. The van der Waals surface area contributed by atoms with E-state index in [0.29, 0.717) is 12.2 Å². The summed E-state index contributed by atoms with van der Waals surface area (Å²) >= 11 is 0. The number of rotatable bonds is 5. The van der Waals surface area contributed by atoms with Crippen LogP contribution < -0.4 is 4.57 Å². The summed E-state index contributed by atoms with van der Waals surface area (Å²) in [6.45, 7) is 0.457. The Balaban J connectivity index is 1.71. The molecule has 0 aromatic carbocycles. The Morgan fingerprint density at radius 3 is 2.88 bits per heavy atom.